The van der Waals surface area contributed by atoms with Crippen LogP contribution in [-0.4, -0.2) is 5.78 Å². The largest absolute Gasteiger partial charge is 0.416 e. The Kier molecular flexibility index (Phi) is 3.37. The zero-order chi connectivity index (χ0) is 13.4. The lowest BCUT2D eigenvalue weighted by Crippen LogP contribution is -2.21. The number of hydrogen-bond donors (Lipinski definition) is 0. The summed E-state index contributed by atoms with van der Waals surface area (Å²) in [5, 5.41) is 0. The Morgan fingerprint density at radius 3 is 2.00 bits per heavy atom. The molecular formula is C13H15F3O. The van der Waals surface area contributed by atoms with Crippen LogP contribution in [0.2, 0.25) is 0 Å². The van der Waals surface area contributed by atoms with Crippen molar-refractivity contribution in [1.82, 2.24) is 0 Å². The third-order valence-electron chi connectivity index (χ3n) is 2.48. The molecule has 1 aromatic rings. The SMILES string of the molecule is Cc1cc(C(F)(F)F)ccc1C(=O)C(C)(C)C. The molecule has 0 atom stereocenters. The summed E-state index contributed by atoms with van der Waals surface area (Å²) in [6, 6.07) is 3.22. The second-order valence-corrected chi connectivity index (χ2v) is 5.11. The van der Waals surface area contributed by atoms with Crippen molar-refractivity contribution in [1.29, 1.82) is 0 Å². The molecule has 0 unspecified atom stereocenters. The number of carbonyl (C=O) groups is 1. The second-order valence-electron chi connectivity index (χ2n) is 5.11. The monoisotopic (exact) mass is 244 g/mol. The van der Waals surface area contributed by atoms with E-state index >= 15 is 0 Å². The smallest absolute Gasteiger partial charge is 0.294 e. The summed E-state index contributed by atoms with van der Waals surface area (Å²) in [7, 11) is 0. The number of ketones is 1. The number of Topliss-reactive ketones (excluding diaryl/α,β-unsaturated/α-hetero) is 1. The van der Waals surface area contributed by atoms with Crippen molar-refractivity contribution in [3.63, 3.8) is 0 Å². The third-order valence-corrected chi connectivity index (χ3v) is 2.48. The zero-order valence-electron chi connectivity index (χ0n) is 10.3. The van der Waals surface area contributed by atoms with E-state index in [2.05, 4.69) is 0 Å². The van der Waals surface area contributed by atoms with E-state index < -0.39 is 17.2 Å². The van der Waals surface area contributed by atoms with Crippen molar-refractivity contribution in [2.75, 3.05) is 0 Å². The molecule has 1 rings (SSSR count). The lowest BCUT2D eigenvalue weighted by Gasteiger charge is -2.18. The van der Waals surface area contributed by atoms with E-state index in [9.17, 15) is 18.0 Å². The summed E-state index contributed by atoms with van der Waals surface area (Å²) < 4.78 is 37.3. The molecule has 0 N–H and O–H groups in total. The lowest BCUT2D eigenvalue weighted by molar-refractivity contribution is -0.137. The standard InChI is InChI=1S/C13H15F3O/c1-8-7-9(13(14,15)16)5-6-10(8)11(17)12(2,3)4/h5-7H,1-4H3. The van der Waals surface area contributed by atoms with Crippen LogP contribution in [0.3, 0.4) is 0 Å². The van der Waals surface area contributed by atoms with Gasteiger partial charge in [0.2, 0.25) is 0 Å². The van der Waals surface area contributed by atoms with E-state index in [1.165, 1.54) is 13.0 Å². The van der Waals surface area contributed by atoms with Gasteiger partial charge in [0.05, 0.1) is 5.56 Å². The number of halogens is 3. The van der Waals surface area contributed by atoms with E-state index in [-0.39, 0.29) is 5.78 Å². The predicted octanol–water partition coefficient (Wildman–Crippen LogP) is 4.24. The van der Waals surface area contributed by atoms with Crippen LogP contribution in [0.15, 0.2) is 18.2 Å². The highest BCUT2D eigenvalue weighted by Crippen LogP contribution is 2.31. The first-order chi connectivity index (χ1) is 7.53. The normalized spacial score (nSPS) is 12.6. The van der Waals surface area contributed by atoms with Gasteiger partial charge in [-0.05, 0) is 24.6 Å². The van der Waals surface area contributed by atoms with Crippen LogP contribution >= 0.6 is 0 Å². The summed E-state index contributed by atoms with van der Waals surface area (Å²) in [4.78, 5) is 12.0. The maximum Gasteiger partial charge on any atom is 0.416 e. The van der Waals surface area contributed by atoms with Crippen molar-refractivity contribution in [2.45, 2.75) is 33.9 Å². The fourth-order valence-electron chi connectivity index (χ4n) is 1.50. The first-order valence-electron chi connectivity index (χ1n) is 5.26. The second kappa shape index (κ2) is 4.17. The molecule has 94 valence electrons. The Labute approximate surface area is 98.6 Å². The molecule has 0 heterocycles. The van der Waals surface area contributed by atoms with Crippen LogP contribution < -0.4 is 0 Å². The molecule has 4 heteroatoms. The molecule has 0 aromatic heterocycles. The number of aryl methyl sites for hydroxylation is 1. The fraction of sp³-hybridized carbons (Fsp3) is 0.462. The summed E-state index contributed by atoms with van der Waals surface area (Å²) in [6.07, 6.45) is -4.37. The van der Waals surface area contributed by atoms with Crippen molar-refractivity contribution < 1.29 is 18.0 Å². The van der Waals surface area contributed by atoms with Crippen molar-refractivity contribution >= 4 is 5.78 Å². The van der Waals surface area contributed by atoms with Gasteiger partial charge in [-0.15, -0.1) is 0 Å². The van der Waals surface area contributed by atoms with Crippen LogP contribution in [-0.2, 0) is 6.18 Å². The molecule has 17 heavy (non-hydrogen) atoms. The first kappa shape index (κ1) is 13.7. The molecule has 0 bridgehead atoms. The van der Waals surface area contributed by atoms with Gasteiger partial charge >= 0.3 is 6.18 Å². The van der Waals surface area contributed by atoms with E-state index in [4.69, 9.17) is 0 Å². The zero-order valence-corrected chi connectivity index (χ0v) is 10.3. The van der Waals surface area contributed by atoms with Gasteiger partial charge < -0.3 is 0 Å². The van der Waals surface area contributed by atoms with Crippen LogP contribution in [0, 0.1) is 12.3 Å². The highest BCUT2D eigenvalue weighted by Gasteiger charge is 2.32. The van der Waals surface area contributed by atoms with Crippen molar-refractivity contribution in [3.8, 4) is 0 Å². The minimum Gasteiger partial charge on any atom is -0.294 e. The molecule has 0 saturated heterocycles. The highest BCUT2D eigenvalue weighted by molar-refractivity contribution is 6.01. The Bertz CT molecular complexity index is 439. The quantitative estimate of drug-likeness (QED) is 0.675. The van der Waals surface area contributed by atoms with Crippen LogP contribution in [0.4, 0.5) is 13.2 Å². The number of rotatable bonds is 1. The number of benzene rings is 1. The van der Waals surface area contributed by atoms with Gasteiger partial charge in [-0.1, -0.05) is 26.8 Å². The highest BCUT2D eigenvalue weighted by atomic mass is 19.4. The third kappa shape index (κ3) is 3.08. The molecule has 0 aliphatic rings. The van der Waals surface area contributed by atoms with E-state index in [1.807, 2.05) is 0 Å². The Balaban J connectivity index is 3.20. The summed E-state index contributed by atoms with van der Waals surface area (Å²) in [6.45, 7) is 6.75. The average molecular weight is 244 g/mol. The average Bonchev–Trinajstić information content (AvgIpc) is 2.13. The lowest BCUT2D eigenvalue weighted by atomic mass is 9.84. The summed E-state index contributed by atoms with van der Waals surface area (Å²) >= 11 is 0. The molecule has 0 fully saturated rings. The maximum atomic E-state index is 12.4. The Hall–Kier alpha value is -1.32. The summed E-state index contributed by atoms with van der Waals surface area (Å²) in [5.41, 5.74) is -0.601. The molecule has 0 aliphatic carbocycles. The minimum absolute atomic E-state index is 0.149. The van der Waals surface area contributed by atoms with Crippen LogP contribution in [0.1, 0.15) is 42.3 Å². The fourth-order valence-corrected chi connectivity index (χ4v) is 1.50. The van der Waals surface area contributed by atoms with Gasteiger partial charge in [0.25, 0.3) is 0 Å². The molecule has 0 saturated carbocycles. The molecule has 1 aromatic carbocycles. The van der Waals surface area contributed by atoms with E-state index in [0.717, 1.165) is 12.1 Å². The van der Waals surface area contributed by atoms with Gasteiger partial charge in [0, 0.05) is 11.0 Å². The predicted molar refractivity (Wildman–Crippen MR) is 60.0 cm³/mol. The topological polar surface area (TPSA) is 17.1 Å². The Morgan fingerprint density at radius 2 is 1.65 bits per heavy atom. The Morgan fingerprint density at radius 1 is 1.12 bits per heavy atom. The molecule has 0 aliphatic heterocycles. The molecule has 0 radical (unpaired) electrons. The maximum absolute atomic E-state index is 12.4. The van der Waals surface area contributed by atoms with E-state index in [1.54, 1.807) is 20.8 Å². The van der Waals surface area contributed by atoms with Crippen LogP contribution in [0.25, 0.3) is 0 Å². The van der Waals surface area contributed by atoms with Crippen LogP contribution in [0.5, 0.6) is 0 Å². The van der Waals surface area contributed by atoms with Gasteiger partial charge in [0.1, 0.15) is 0 Å². The van der Waals surface area contributed by atoms with Gasteiger partial charge in [0.15, 0.2) is 5.78 Å². The number of hydrogen-bond acceptors (Lipinski definition) is 1. The van der Waals surface area contributed by atoms with Crippen molar-refractivity contribution in [2.24, 2.45) is 5.41 Å². The first-order valence-corrected chi connectivity index (χ1v) is 5.26. The minimum atomic E-state index is -4.37. The summed E-state index contributed by atoms with van der Waals surface area (Å²) in [5.74, 6) is -0.149. The van der Waals surface area contributed by atoms with Gasteiger partial charge in [-0.2, -0.15) is 13.2 Å². The molecular weight excluding hydrogens is 229 g/mol. The van der Waals surface area contributed by atoms with Gasteiger partial charge in [-0.3, -0.25) is 4.79 Å². The number of carbonyl (C=O) groups excluding carboxylic acids is 1. The van der Waals surface area contributed by atoms with Gasteiger partial charge in [-0.25, -0.2) is 0 Å². The van der Waals surface area contributed by atoms with E-state index in [0.29, 0.717) is 11.1 Å². The number of alkyl halides is 3. The molecule has 0 spiro atoms. The molecule has 0 amide bonds. The molecule has 1 nitrogen and oxygen atoms in total. The van der Waals surface area contributed by atoms with Crippen molar-refractivity contribution in [3.05, 3.63) is 34.9 Å².